The molecule has 1 aliphatic rings. The molecular formula is C19H17FN2O3. The minimum Gasteiger partial charge on any atom is -0.483 e. The van der Waals surface area contributed by atoms with Gasteiger partial charge in [0.15, 0.2) is 11.6 Å². The quantitative estimate of drug-likeness (QED) is 0.692. The fraction of sp³-hybridized carbons (Fsp3) is 0.263. The van der Waals surface area contributed by atoms with Gasteiger partial charge in [0.25, 0.3) is 0 Å². The molecule has 3 heterocycles. The van der Waals surface area contributed by atoms with Crippen molar-refractivity contribution >= 4 is 11.4 Å². The Morgan fingerprint density at radius 2 is 2.16 bits per heavy atom. The third kappa shape index (κ3) is 3.39. The van der Waals surface area contributed by atoms with Crippen molar-refractivity contribution in [3.8, 4) is 5.75 Å². The molecular weight excluding hydrogens is 323 g/mol. The van der Waals surface area contributed by atoms with Crippen molar-refractivity contribution in [1.82, 2.24) is 9.38 Å². The molecule has 0 atom stereocenters. The number of rotatable bonds is 6. The largest absolute Gasteiger partial charge is 0.483 e. The van der Waals surface area contributed by atoms with Crippen molar-refractivity contribution in [3.63, 3.8) is 0 Å². The molecule has 3 aromatic rings. The summed E-state index contributed by atoms with van der Waals surface area (Å²) in [4.78, 5) is 16.6. The number of Topliss-reactive ketones (excluding diaryl/α,β-unsaturated/α-hetero) is 1. The number of carbonyl (C=O) groups is 1. The Morgan fingerprint density at radius 1 is 1.28 bits per heavy atom. The highest BCUT2D eigenvalue weighted by Gasteiger charge is 2.21. The van der Waals surface area contributed by atoms with E-state index in [1.54, 1.807) is 18.3 Å². The van der Waals surface area contributed by atoms with Crippen LogP contribution in [-0.2, 0) is 22.4 Å². The molecule has 6 heteroatoms. The van der Waals surface area contributed by atoms with Gasteiger partial charge in [-0.25, -0.2) is 9.37 Å². The molecule has 0 spiro atoms. The number of imidazole rings is 1. The highest BCUT2D eigenvalue weighted by atomic mass is 19.1. The minimum absolute atomic E-state index is 0.0154. The smallest absolute Gasteiger partial charge is 0.165 e. The monoisotopic (exact) mass is 340 g/mol. The van der Waals surface area contributed by atoms with Crippen molar-refractivity contribution in [3.05, 3.63) is 65.9 Å². The number of fused-ring (bicyclic) bond motifs is 1. The maximum Gasteiger partial charge on any atom is 0.165 e. The van der Waals surface area contributed by atoms with Crippen molar-refractivity contribution in [2.45, 2.75) is 18.9 Å². The van der Waals surface area contributed by atoms with E-state index < -0.39 is 5.82 Å². The van der Waals surface area contributed by atoms with E-state index in [0.717, 1.165) is 11.3 Å². The summed E-state index contributed by atoms with van der Waals surface area (Å²) in [7, 11) is 0. The first-order chi connectivity index (χ1) is 12.2. The summed E-state index contributed by atoms with van der Waals surface area (Å²) in [6.07, 6.45) is 3.89. The zero-order valence-corrected chi connectivity index (χ0v) is 13.5. The van der Waals surface area contributed by atoms with Crippen LogP contribution in [0.2, 0.25) is 0 Å². The van der Waals surface area contributed by atoms with E-state index in [1.807, 2.05) is 28.8 Å². The molecule has 128 valence electrons. The lowest BCUT2D eigenvalue weighted by atomic mass is 10.0. The molecule has 2 aromatic heterocycles. The second-order valence-corrected chi connectivity index (χ2v) is 6.11. The van der Waals surface area contributed by atoms with E-state index in [0.29, 0.717) is 18.8 Å². The number of ketones is 1. The fourth-order valence-corrected chi connectivity index (χ4v) is 2.85. The summed E-state index contributed by atoms with van der Waals surface area (Å²) in [5, 5.41) is 0. The molecule has 1 aromatic carbocycles. The number of aromatic nitrogens is 2. The van der Waals surface area contributed by atoms with E-state index in [1.165, 1.54) is 6.07 Å². The Bertz CT molecular complexity index is 918. The van der Waals surface area contributed by atoms with Crippen LogP contribution < -0.4 is 4.74 Å². The van der Waals surface area contributed by atoms with Gasteiger partial charge in [-0.3, -0.25) is 4.79 Å². The molecule has 1 aliphatic heterocycles. The minimum atomic E-state index is -0.450. The number of halogens is 1. The van der Waals surface area contributed by atoms with Gasteiger partial charge >= 0.3 is 0 Å². The number of nitrogens with zero attached hydrogens (tertiary/aromatic N) is 2. The van der Waals surface area contributed by atoms with Crippen LogP contribution in [0.15, 0.2) is 48.8 Å². The molecule has 0 unspecified atom stereocenters. The van der Waals surface area contributed by atoms with Crippen molar-refractivity contribution in [2.24, 2.45) is 0 Å². The Kier molecular flexibility index (Phi) is 4.19. The summed E-state index contributed by atoms with van der Waals surface area (Å²) < 4.78 is 26.5. The third-order valence-electron chi connectivity index (χ3n) is 4.19. The maximum atomic E-state index is 14.1. The Labute approximate surface area is 144 Å². The molecule has 1 saturated heterocycles. The lowest BCUT2D eigenvalue weighted by Crippen LogP contribution is -2.38. The van der Waals surface area contributed by atoms with Crippen LogP contribution in [0.25, 0.3) is 5.65 Å². The van der Waals surface area contributed by atoms with Crippen molar-refractivity contribution in [1.29, 1.82) is 0 Å². The second kappa shape index (κ2) is 6.64. The van der Waals surface area contributed by atoms with Gasteiger partial charge in [0.1, 0.15) is 17.5 Å². The van der Waals surface area contributed by atoms with E-state index in [9.17, 15) is 9.18 Å². The van der Waals surface area contributed by atoms with Crippen LogP contribution in [-0.4, -0.2) is 34.5 Å². The molecule has 0 saturated carbocycles. The van der Waals surface area contributed by atoms with Gasteiger partial charge in [-0.15, -0.1) is 0 Å². The van der Waals surface area contributed by atoms with Crippen LogP contribution in [0.4, 0.5) is 4.39 Å². The van der Waals surface area contributed by atoms with Gasteiger partial charge < -0.3 is 13.9 Å². The van der Waals surface area contributed by atoms with Gasteiger partial charge in [0, 0.05) is 30.9 Å². The van der Waals surface area contributed by atoms with Gasteiger partial charge in [-0.1, -0.05) is 12.1 Å². The number of hydrogen-bond acceptors (Lipinski definition) is 4. The molecule has 5 nitrogen and oxygen atoms in total. The molecule has 0 N–H and O–H groups in total. The van der Waals surface area contributed by atoms with Gasteiger partial charge in [0.05, 0.1) is 13.2 Å². The Morgan fingerprint density at radius 3 is 2.92 bits per heavy atom. The Balaban J connectivity index is 1.43. The van der Waals surface area contributed by atoms with E-state index >= 15 is 0 Å². The lowest BCUT2D eigenvalue weighted by molar-refractivity contribution is -0.117. The van der Waals surface area contributed by atoms with Crippen LogP contribution in [0, 0.1) is 5.82 Å². The van der Waals surface area contributed by atoms with Crippen LogP contribution >= 0.6 is 0 Å². The van der Waals surface area contributed by atoms with E-state index in [-0.39, 0.29) is 30.5 Å². The van der Waals surface area contributed by atoms with Gasteiger partial charge in [-0.05, 0) is 29.8 Å². The number of carbonyl (C=O) groups excluding carboxylic acids is 1. The molecule has 4 rings (SSSR count). The Hall–Kier alpha value is -2.73. The lowest BCUT2D eigenvalue weighted by Gasteiger charge is -2.26. The van der Waals surface area contributed by atoms with E-state index in [2.05, 4.69) is 4.98 Å². The normalized spacial score (nSPS) is 14.4. The highest BCUT2D eigenvalue weighted by Crippen LogP contribution is 2.22. The second-order valence-electron chi connectivity index (χ2n) is 6.11. The average molecular weight is 340 g/mol. The predicted octanol–water partition coefficient (Wildman–Crippen LogP) is 2.61. The summed E-state index contributed by atoms with van der Waals surface area (Å²) in [6.45, 7) is 0.971. The molecule has 0 amide bonds. The summed E-state index contributed by atoms with van der Waals surface area (Å²) >= 11 is 0. The third-order valence-corrected chi connectivity index (χ3v) is 4.19. The van der Waals surface area contributed by atoms with E-state index in [4.69, 9.17) is 9.47 Å². The first-order valence-corrected chi connectivity index (χ1v) is 8.14. The summed E-state index contributed by atoms with van der Waals surface area (Å²) in [5.74, 6) is -0.233. The zero-order valence-electron chi connectivity index (χ0n) is 13.5. The molecule has 25 heavy (non-hydrogen) atoms. The van der Waals surface area contributed by atoms with Crippen LogP contribution in [0.5, 0.6) is 5.75 Å². The number of hydrogen-bond donors (Lipinski definition) is 0. The van der Waals surface area contributed by atoms with Gasteiger partial charge in [-0.2, -0.15) is 0 Å². The van der Waals surface area contributed by atoms with Gasteiger partial charge in [0.2, 0.25) is 0 Å². The first kappa shape index (κ1) is 15.8. The highest BCUT2D eigenvalue weighted by molar-refractivity contribution is 5.83. The van der Waals surface area contributed by atoms with Crippen molar-refractivity contribution in [2.75, 3.05) is 13.2 Å². The summed E-state index contributed by atoms with van der Waals surface area (Å²) in [5.41, 5.74) is 2.31. The van der Waals surface area contributed by atoms with Crippen LogP contribution in [0.3, 0.4) is 0 Å². The number of ether oxygens (including phenoxy) is 2. The summed E-state index contributed by atoms with van der Waals surface area (Å²) in [6, 6.07) is 10.3. The molecule has 0 radical (unpaired) electrons. The first-order valence-electron chi connectivity index (χ1n) is 8.14. The molecule has 0 aliphatic carbocycles. The average Bonchev–Trinajstić information content (AvgIpc) is 3.02. The fourth-order valence-electron chi connectivity index (χ4n) is 2.85. The molecule has 0 bridgehead atoms. The SMILES string of the molecule is O=C(Cc1ccc(OC2COC2)c(F)c1)Cc1cccc2nccn12. The zero-order chi connectivity index (χ0) is 17.2. The van der Waals surface area contributed by atoms with Crippen LogP contribution in [0.1, 0.15) is 11.3 Å². The standard InChI is InChI=1S/C19H17FN2O3/c20-17-9-13(4-5-18(17)25-16-11-24-12-16)8-15(23)10-14-2-1-3-19-21-6-7-22(14)19/h1-7,9,16H,8,10-12H2. The number of benzene rings is 1. The molecule has 1 fully saturated rings. The van der Waals surface area contributed by atoms with Crippen molar-refractivity contribution < 1.29 is 18.7 Å². The predicted molar refractivity (Wildman–Crippen MR) is 89.2 cm³/mol. The topological polar surface area (TPSA) is 52.8 Å². The maximum absolute atomic E-state index is 14.1. The number of pyridine rings is 1.